The molecule has 3 fully saturated rings. The van der Waals surface area contributed by atoms with E-state index in [9.17, 15) is 0 Å². The van der Waals surface area contributed by atoms with Gasteiger partial charge in [-0.25, -0.2) is 0 Å². The monoisotopic (exact) mass is 453 g/mol. The number of ether oxygens (including phenoxy) is 1. The number of thioether (sulfide) groups is 1. The zero-order valence-corrected chi connectivity index (χ0v) is 17.8. The van der Waals surface area contributed by atoms with Gasteiger partial charge in [0.15, 0.2) is 5.96 Å². The summed E-state index contributed by atoms with van der Waals surface area (Å²) in [7, 11) is 1.88. The third-order valence-corrected chi connectivity index (χ3v) is 6.79. The van der Waals surface area contributed by atoms with E-state index < -0.39 is 0 Å². The molecule has 1 saturated carbocycles. The highest BCUT2D eigenvalue weighted by Gasteiger charge is 2.58. The molecule has 0 aromatic rings. The molecule has 0 bridgehead atoms. The molecule has 0 radical (unpaired) electrons. The Morgan fingerprint density at radius 2 is 2.00 bits per heavy atom. The zero-order valence-electron chi connectivity index (χ0n) is 14.6. The van der Waals surface area contributed by atoms with Crippen LogP contribution in [-0.4, -0.2) is 49.8 Å². The molecule has 2 N–H and O–H groups in total. The lowest BCUT2D eigenvalue weighted by atomic mass is 9.55. The number of nitrogens with zero attached hydrogens (tertiary/aromatic N) is 1. The molecule has 0 amide bonds. The van der Waals surface area contributed by atoms with Crippen molar-refractivity contribution in [2.24, 2.45) is 22.2 Å². The standard InChI is InChI=1S/C17H31N3OS.HI/c1-17(2)14(13-5-4-8-21-15(13)17)20-16(18-3)19-11-12-6-9-22-10-7-12;/h12-15H,4-11H2,1-3H3,(H2,18,19,20);1H. The lowest BCUT2D eigenvalue weighted by Gasteiger charge is -2.60. The lowest BCUT2D eigenvalue weighted by Crippen LogP contribution is -2.71. The third kappa shape index (κ3) is 4.29. The van der Waals surface area contributed by atoms with Crippen LogP contribution in [0.3, 0.4) is 0 Å². The van der Waals surface area contributed by atoms with Crippen LogP contribution in [0.1, 0.15) is 39.5 Å². The van der Waals surface area contributed by atoms with Crippen molar-refractivity contribution in [3.8, 4) is 0 Å². The highest BCUT2D eigenvalue weighted by Crippen LogP contribution is 2.51. The average Bonchev–Trinajstić information content (AvgIpc) is 2.56. The van der Waals surface area contributed by atoms with Gasteiger partial charge in [-0.2, -0.15) is 11.8 Å². The summed E-state index contributed by atoms with van der Waals surface area (Å²) in [6.45, 7) is 6.63. The van der Waals surface area contributed by atoms with Gasteiger partial charge in [0.25, 0.3) is 0 Å². The Hall–Kier alpha value is 0.310. The van der Waals surface area contributed by atoms with Gasteiger partial charge in [-0.3, -0.25) is 4.99 Å². The van der Waals surface area contributed by atoms with E-state index in [0.29, 0.717) is 18.1 Å². The summed E-state index contributed by atoms with van der Waals surface area (Å²) < 4.78 is 5.99. The molecule has 3 unspecified atom stereocenters. The minimum Gasteiger partial charge on any atom is -0.377 e. The molecule has 3 atom stereocenters. The van der Waals surface area contributed by atoms with E-state index in [4.69, 9.17) is 4.74 Å². The first-order valence-corrected chi connectivity index (χ1v) is 9.95. The van der Waals surface area contributed by atoms with E-state index in [1.165, 1.54) is 37.2 Å². The molecule has 2 heterocycles. The Balaban J connectivity index is 0.00000192. The SMILES string of the molecule is CN=C(NCC1CCSCC1)NC1C2CCCOC2C1(C)C.I. The van der Waals surface area contributed by atoms with Gasteiger partial charge in [0.2, 0.25) is 0 Å². The summed E-state index contributed by atoms with van der Waals surface area (Å²) in [5, 5.41) is 7.25. The van der Waals surface area contributed by atoms with Crippen molar-refractivity contribution in [1.82, 2.24) is 10.6 Å². The normalized spacial score (nSPS) is 33.9. The summed E-state index contributed by atoms with van der Waals surface area (Å²) >= 11 is 2.09. The molecule has 3 aliphatic rings. The average molecular weight is 453 g/mol. The first-order chi connectivity index (χ1) is 10.6. The second kappa shape index (κ2) is 8.61. The molecular formula is C17H32IN3OS. The van der Waals surface area contributed by atoms with Gasteiger partial charge in [-0.15, -0.1) is 24.0 Å². The maximum atomic E-state index is 5.99. The second-order valence-electron chi connectivity index (χ2n) is 7.55. The maximum absolute atomic E-state index is 5.99. The maximum Gasteiger partial charge on any atom is 0.191 e. The predicted molar refractivity (Wildman–Crippen MR) is 110 cm³/mol. The number of fused-ring (bicyclic) bond motifs is 1. The van der Waals surface area contributed by atoms with Crippen LogP contribution in [0.25, 0.3) is 0 Å². The Morgan fingerprint density at radius 3 is 2.70 bits per heavy atom. The molecule has 0 spiro atoms. The van der Waals surface area contributed by atoms with E-state index in [0.717, 1.165) is 25.0 Å². The van der Waals surface area contributed by atoms with Crippen LogP contribution >= 0.6 is 35.7 Å². The number of aliphatic imine (C=N–C) groups is 1. The summed E-state index contributed by atoms with van der Waals surface area (Å²) in [5.41, 5.74) is 0.199. The van der Waals surface area contributed by atoms with Crippen molar-refractivity contribution < 1.29 is 4.74 Å². The smallest absolute Gasteiger partial charge is 0.191 e. The Morgan fingerprint density at radius 1 is 1.26 bits per heavy atom. The fourth-order valence-corrected chi connectivity index (χ4v) is 5.55. The molecule has 134 valence electrons. The van der Waals surface area contributed by atoms with Crippen molar-refractivity contribution in [3.05, 3.63) is 0 Å². The largest absolute Gasteiger partial charge is 0.377 e. The number of hydrogen-bond acceptors (Lipinski definition) is 3. The van der Waals surface area contributed by atoms with Crippen LogP contribution in [0.15, 0.2) is 4.99 Å². The molecule has 2 aliphatic heterocycles. The van der Waals surface area contributed by atoms with E-state index in [1.54, 1.807) is 0 Å². The molecule has 0 aromatic carbocycles. The summed E-state index contributed by atoms with van der Waals surface area (Å²) in [4.78, 5) is 4.45. The van der Waals surface area contributed by atoms with Crippen molar-refractivity contribution >= 4 is 41.7 Å². The fraction of sp³-hybridized carbons (Fsp3) is 0.941. The Labute approximate surface area is 162 Å². The van der Waals surface area contributed by atoms with Crippen LogP contribution in [-0.2, 0) is 4.74 Å². The molecule has 0 aromatic heterocycles. The van der Waals surface area contributed by atoms with E-state index in [1.807, 2.05) is 7.05 Å². The van der Waals surface area contributed by atoms with Crippen LogP contribution in [0, 0.1) is 17.3 Å². The lowest BCUT2D eigenvalue weighted by molar-refractivity contribution is -0.188. The Bertz CT molecular complexity index is 413. The molecule has 3 rings (SSSR count). The van der Waals surface area contributed by atoms with E-state index in [-0.39, 0.29) is 29.4 Å². The van der Waals surface area contributed by atoms with Gasteiger partial charge in [0.1, 0.15) is 0 Å². The van der Waals surface area contributed by atoms with E-state index in [2.05, 4.69) is 41.2 Å². The minimum absolute atomic E-state index is 0. The van der Waals surface area contributed by atoms with Crippen LogP contribution in [0.5, 0.6) is 0 Å². The molecule has 2 saturated heterocycles. The summed E-state index contributed by atoms with van der Waals surface area (Å²) in [5.74, 6) is 5.05. The van der Waals surface area contributed by atoms with Gasteiger partial charge in [0.05, 0.1) is 6.10 Å². The second-order valence-corrected chi connectivity index (χ2v) is 8.77. The third-order valence-electron chi connectivity index (χ3n) is 5.75. The number of rotatable bonds is 3. The zero-order chi connectivity index (χ0) is 15.6. The van der Waals surface area contributed by atoms with Gasteiger partial charge in [-0.1, -0.05) is 13.8 Å². The van der Waals surface area contributed by atoms with Crippen LogP contribution in [0.2, 0.25) is 0 Å². The molecule has 23 heavy (non-hydrogen) atoms. The number of guanidine groups is 1. The number of halogens is 1. The first-order valence-electron chi connectivity index (χ1n) is 8.79. The van der Waals surface area contributed by atoms with Gasteiger partial charge < -0.3 is 15.4 Å². The predicted octanol–water partition coefficient (Wildman–Crippen LogP) is 3.12. The van der Waals surface area contributed by atoms with Crippen molar-refractivity contribution in [3.63, 3.8) is 0 Å². The van der Waals surface area contributed by atoms with Crippen molar-refractivity contribution in [2.45, 2.75) is 51.7 Å². The Kier molecular flexibility index (Phi) is 7.35. The number of hydrogen-bond donors (Lipinski definition) is 2. The molecular weight excluding hydrogens is 421 g/mol. The quantitative estimate of drug-likeness (QED) is 0.392. The highest BCUT2D eigenvalue weighted by molar-refractivity contribution is 14.0. The van der Waals surface area contributed by atoms with Crippen LogP contribution in [0.4, 0.5) is 0 Å². The van der Waals surface area contributed by atoms with Crippen molar-refractivity contribution in [2.75, 3.05) is 31.7 Å². The van der Waals surface area contributed by atoms with E-state index >= 15 is 0 Å². The van der Waals surface area contributed by atoms with Gasteiger partial charge in [-0.05, 0) is 43.1 Å². The fourth-order valence-electron chi connectivity index (χ4n) is 4.35. The van der Waals surface area contributed by atoms with Gasteiger partial charge in [0, 0.05) is 37.6 Å². The minimum atomic E-state index is 0. The topological polar surface area (TPSA) is 45.7 Å². The van der Waals surface area contributed by atoms with Crippen molar-refractivity contribution in [1.29, 1.82) is 0 Å². The van der Waals surface area contributed by atoms with Gasteiger partial charge >= 0.3 is 0 Å². The summed E-state index contributed by atoms with van der Waals surface area (Å²) in [6.07, 6.45) is 5.57. The molecule has 1 aliphatic carbocycles. The molecule has 6 heteroatoms. The number of nitrogens with one attached hydrogen (secondary N) is 2. The molecule has 4 nitrogen and oxygen atoms in total. The van der Waals surface area contributed by atoms with Crippen LogP contribution < -0.4 is 10.6 Å². The summed E-state index contributed by atoms with van der Waals surface area (Å²) in [6, 6.07) is 0.478. The highest BCUT2D eigenvalue weighted by atomic mass is 127. The first kappa shape index (κ1) is 19.6.